The Labute approximate surface area is 248 Å². The standard InChI is InChI=1S/C33H44N4O5/c1-33(2,3)42-32(39)35-18-20-41-30(23-35)31(38)36(26-13-14-26)22-25-11-15-27-28(16-12-24-9-6-5-7-10-24)34-37(29(27)21-25)17-8-19-40-4/h5-7,9-11,15,21,26,30H,8,12-14,16-20,22-23H2,1-4H3/t30-/m1/s1. The zero-order valence-corrected chi connectivity index (χ0v) is 25.4. The van der Waals surface area contributed by atoms with E-state index < -0.39 is 17.8 Å². The van der Waals surface area contributed by atoms with Crippen molar-refractivity contribution in [3.05, 3.63) is 65.4 Å². The summed E-state index contributed by atoms with van der Waals surface area (Å²) in [6.07, 6.45) is 3.52. The highest BCUT2D eigenvalue weighted by Gasteiger charge is 2.39. The number of morpholine rings is 1. The summed E-state index contributed by atoms with van der Waals surface area (Å²) in [6.45, 7) is 8.39. The van der Waals surface area contributed by atoms with Crippen molar-refractivity contribution in [3.63, 3.8) is 0 Å². The lowest BCUT2D eigenvalue weighted by Crippen LogP contribution is -2.53. The second-order valence-corrected chi connectivity index (χ2v) is 12.3. The predicted octanol–water partition coefficient (Wildman–Crippen LogP) is 4.98. The first-order chi connectivity index (χ1) is 20.2. The normalized spacial score (nSPS) is 17.4. The summed E-state index contributed by atoms with van der Waals surface area (Å²) in [4.78, 5) is 30.0. The van der Waals surface area contributed by atoms with Gasteiger partial charge in [-0.3, -0.25) is 9.48 Å². The Morgan fingerprint density at radius 2 is 1.86 bits per heavy atom. The number of amides is 2. The van der Waals surface area contributed by atoms with Crippen LogP contribution in [0.15, 0.2) is 48.5 Å². The number of rotatable bonds is 11. The highest BCUT2D eigenvalue weighted by Crippen LogP contribution is 2.31. The second kappa shape index (κ2) is 13.3. The first kappa shape index (κ1) is 30.0. The van der Waals surface area contributed by atoms with Gasteiger partial charge in [0, 0.05) is 44.8 Å². The number of carbonyl (C=O) groups is 2. The van der Waals surface area contributed by atoms with E-state index in [1.54, 1.807) is 12.0 Å². The Hall–Kier alpha value is -3.43. The van der Waals surface area contributed by atoms with Crippen molar-refractivity contribution in [2.75, 3.05) is 33.4 Å². The van der Waals surface area contributed by atoms with Crippen LogP contribution in [0.4, 0.5) is 4.79 Å². The Balaban J connectivity index is 1.32. The summed E-state index contributed by atoms with van der Waals surface area (Å²) in [5.41, 5.74) is 3.94. The second-order valence-electron chi connectivity index (χ2n) is 12.3. The third-order valence-corrected chi connectivity index (χ3v) is 7.72. The van der Waals surface area contributed by atoms with Gasteiger partial charge in [0.05, 0.1) is 24.4 Å². The van der Waals surface area contributed by atoms with E-state index in [1.807, 2.05) is 31.7 Å². The fourth-order valence-electron chi connectivity index (χ4n) is 5.45. The van der Waals surface area contributed by atoms with Gasteiger partial charge in [0.25, 0.3) is 5.91 Å². The molecule has 9 nitrogen and oxygen atoms in total. The summed E-state index contributed by atoms with van der Waals surface area (Å²) in [5, 5.41) is 6.17. The van der Waals surface area contributed by atoms with Gasteiger partial charge in [-0.15, -0.1) is 0 Å². The van der Waals surface area contributed by atoms with E-state index in [1.165, 1.54) is 5.56 Å². The molecule has 5 rings (SSSR count). The number of hydrogen-bond donors (Lipinski definition) is 0. The van der Waals surface area contributed by atoms with Crippen LogP contribution >= 0.6 is 0 Å². The number of benzene rings is 2. The molecule has 1 saturated heterocycles. The predicted molar refractivity (Wildman–Crippen MR) is 161 cm³/mol. The Kier molecular flexibility index (Phi) is 9.48. The van der Waals surface area contributed by atoms with E-state index in [2.05, 4.69) is 47.1 Å². The Bertz CT molecular complexity index is 1360. The molecule has 1 saturated carbocycles. The van der Waals surface area contributed by atoms with Crippen LogP contribution in [0.1, 0.15) is 56.9 Å². The topological polar surface area (TPSA) is 86.1 Å². The molecule has 1 atom stereocenters. The van der Waals surface area contributed by atoms with Gasteiger partial charge in [0.15, 0.2) is 6.10 Å². The molecule has 0 bridgehead atoms. The molecule has 2 aliphatic rings. The van der Waals surface area contributed by atoms with Crippen LogP contribution in [-0.2, 0) is 44.9 Å². The molecule has 9 heteroatoms. The largest absolute Gasteiger partial charge is 0.444 e. The number of aryl methyl sites for hydroxylation is 3. The Morgan fingerprint density at radius 3 is 2.57 bits per heavy atom. The number of fused-ring (bicyclic) bond motifs is 1. The number of carbonyl (C=O) groups excluding carboxylic acids is 2. The van der Waals surface area contributed by atoms with Crippen molar-refractivity contribution in [1.82, 2.24) is 19.6 Å². The lowest BCUT2D eigenvalue weighted by atomic mass is 10.0. The maximum Gasteiger partial charge on any atom is 0.410 e. The molecule has 2 heterocycles. The third kappa shape index (κ3) is 7.69. The molecular formula is C33H44N4O5. The molecule has 2 aromatic carbocycles. The molecule has 0 spiro atoms. The summed E-state index contributed by atoms with van der Waals surface area (Å²) in [6, 6.07) is 17.1. The zero-order chi connectivity index (χ0) is 29.7. The monoisotopic (exact) mass is 576 g/mol. The SMILES string of the molecule is COCCCn1nc(CCc2ccccc2)c2ccc(CN(C(=O)[C@H]3CN(C(=O)OC(C)(C)C)CCO3)C3CC3)cc21. The molecule has 0 unspecified atom stereocenters. The van der Waals surface area contributed by atoms with Crippen LogP contribution in [0.3, 0.4) is 0 Å². The van der Waals surface area contributed by atoms with Crippen LogP contribution < -0.4 is 0 Å². The number of hydrogen-bond acceptors (Lipinski definition) is 6. The van der Waals surface area contributed by atoms with Crippen LogP contribution in [-0.4, -0.2) is 82.7 Å². The highest BCUT2D eigenvalue weighted by molar-refractivity contribution is 5.84. The number of nitrogens with zero attached hydrogens (tertiary/aromatic N) is 4. The molecule has 0 N–H and O–H groups in total. The van der Waals surface area contributed by atoms with Gasteiger partial charge in [-0.2, -0.15) is 5.10 Å². The molecule has 1 aliphatic heterocycles. The summed E-state index contributed by atoms with van der Waals surface area (Å²) < 4.78 is 18.8. The van der Waals surface area contributed by atoms with Gasteiger partial charge in [-0.1, -0.05) is 42.5 Å². The minimum atomic E-state index is -0.695. The molecule has 3 aromatic rings. The van der Waals surface area contributed by atoms with Gasteiger partial charge in [0.1, 0.15) is 5.60 Å². The van der Waals surface area contributed by atoms with Gasteiger partial charge in [-0.05, 0) is 70.1 Å². The van der Waals surface area contributed by atoms with Crippen LogP contribution in [0, 0.1) is 0 Å². The summed E-state index contributed by atoms with van der Waals surface area (Å²) >= 11 is 0. The maximum atomic E-state index is 13.8. The third-order valence-electron chi connectivity index (χ3n) is 7.72. The highest BCUT2D eigenvalue weighted by atomic mass is 16.6. The summed E-state index contributed by atoms with van der Waals surface area (Å²) in [7, 11) is 1.72. The number of aromatic nitrogens is 2. The smallest absolute Gasteiger partial charge is 0.410 e. The van der Waals surface area contributed by atoms with Crippen molar-refractivity contribution in [2.45, 2.75) is 83.7 Å². The van der Waals surface area contributed by atoms with Crippen molar-refractivity contribution >= 4 is 22.9 Å². The molecule has 2 amide bonds. The summed E-state index contributed by atoms with van der Waals surface area (Å²) in [5.74, 6) is -0.0667. The lowest BCUT2D eigenvalue weighted by molar-refractivity contribution is -0.150. The minimum Gasteiger partial charge on any atom is -0.444 e. The number of methoxy groups -OCH3 is 1. The maximum absolute atomic E-state index is 13.8. The number of ether oxygens (including phenoxy) is 3. The average Bonchev–Trinajstić information content (AvgIpc) is 3.76. The first-order valence-corrected chi connectivity index (χ1v) is 15.1. The fourth-order valence-corrected chi connectivity index (χ4v) is 5.45. The Morgan fingerprint density at radius 1 is 1.07 bits per heavy atom. The van der Waals surface area contributed by atoms with E-state index in [4.69, 9.17) is 19.3 Å². The van der Waals surface area contributed by atoms with Crippen LogP contribution in [0.25, 0.3) is 10.9 Å². The zero-order valence-electron chi connectivity index (χ0n) is 25.4. The minimum absolute atomic E-state index is 0.0667. The van der Waals surface area contributed by atoms with Crippen molar-refractivity contribution in [1.29, 1.82) is 0 Å². The molecule has 42 heavy (non-hydrogen) atoms. The van der Waals surface area contributed by atoms with Gasteiger partial charge >= 0.3 is 6.09 Å². The van der Waals surface area contributed by atoms with Crippen LogP contribution in [0.5, 0.6) is 0 Å². The van der Waals surface area contributed by atoms with E-state index in [-0.39, 0.29) is 18.5 Å². The van der Waals surface area contributed by atoms with E-state index >= 15 is 0 Å². The van der Waals surface area contributed by atoms with Gasteiger partial charge in [0.2, 0.25) is 0 Å². The van der Waals surface area contributed by atoms with E-state index in [9.17, 15) is 9.59 Å². The molecule has 226 valence electrons. The van der Waals surface area contributed by atoms with E-state index in [0.29, 0.717) is 26.3 Å². The fraction of sp³-hybridized carbons (Fsp3) is 0.545. The van der Waals surface area contributed by atoms with Gasteiger partial charge in [-0.25, -0.2) is 4.79 Å². The van der Waals surface area contributed by atoms with E-state index in [0.717, 1.165) is 60.8 Å². The lowest BCUT2D eigenvalue weighted by Gasteiger charge is -2.36. The van der Waals surface area contributed by atoms with Crippen molar-refractivity contribution in [2.24, 2.45) is 0 Å². The molecule has 1 aliphatic carbocycles. The molecular weight excluding hydrogens is 532 g/mol. The molecule has 1 aromatic heterocycles. The van der Waals surface area contributed by atoms with Crippen molar-refractivity contribution < 1.29 is 23.8 Å². The van der Waals surface area contributed by atoms with Crippen molar-refractivity contribution in [3.8, 4) is 0 Å². The van der Waals surface area contributed by atoms with Crippen LogP contribution in [0.2, 0.25) is 0 Å². The van der Waals surface area contributed by atoms with Gasteiger partial charge < -0.3 is 24.0 Å². The average molecular weight is 577 g/mol. The quantitative estimate of drug-likeness (QED) is 0.299. The molecule has 0 radical (unpaired) electrons. The molecule has 2 fully saturated rings. The first-order valence-electron chi connectivity index (χ1n) is 15.1.